The summed E-state index contributed by atoms with van der Waals surface area (Å²) in [4.78, 5) is 25.9. The van der Waals surface area contributed by atoms with Gasteiger partial charge in [-0.2, -0.15) is 0 Å². The molecule has 0 aliphatic carbocycles. The van der Waals surface area contributed by atoms with E-state index >= 15 is 0 Å². The van der Waals surface area contributed by atoms with E-state index < -0.39 is 0 Å². The molecule has 0 spiro atoms. The molecular formula is C16H29N3O2. The molecule has 2 amide bonds. The third kappa shape index (κ3) is 4.99. The largest absolute Gasteiger partial charge is 0.353 e. The molecule has 2 fully saturated rings. The van der Waals surface area contributed by atoms with Gasteiger partial charge in [-0.15, -0.1) is 0 Å². The Morgan fingerprint density at radius 3 is 2.33 bits per heavy atom. The summed E-state index contributed by atoms with van der Waals surface area (Å²) in [5.41, 5.74) is 0. The van der Waals surface area contributed by atoms with Crippen molar-refractivity contribution in [1.29, 1.82) is 0 Å². The van der Waals surface area contributed by atoms with Crippen molar-refractivity contribution in [1.82, 2.24) is 15.5 Å². The van der Waals surface area contributed by atoms with Crippen molar-refractivity contribution >= 4 is 11.8 Å². The molecule has 0 saturated carbocycles. The first-order valence-corrected chi connectivity index (χ1v) is 8.35. The van der Waals surface area contributed by atoms with Crippen LogP contribution in [0.3, 0.4) is 0 Å². The van der Waals surface area contributed by atoms with Gasteiger partial charge >= 0.3 is 0 Å². The average molecular weight is 295 g/mol. The Balaban J connectivity index is 1.68. The minimum absolute atomic E-state index is 0.0658. The second-order valence-corrected chi connectivity index (χ2v) is 6.72. The van der Waals surface area contributed by atoms with Crippen molar-refractivity contribution in [2.45, 2.75) is 52.0 Å². The van der Waals surface area contributed by atoms with Crippen LogP contribution in [0, 0.1) is 11.8 Å². The Kier molecular flexibility index (Phi) is 6.03. The highest BCUT2D eigenvalue weighted by Crippen LogP contribution is 2.17. The minimum atomic E-state index is 0.0658. The molecule has 0 bridgehead atoms. The van der Waals surface area contributed by atoms with E-state index in [0.717, 1.165) is 51.9 Å². The van der Waals surface area contributed by atoms with Crippen molar-refractivity contribution < 1.29 is 9.59 Å². The van der Waals surface area contributed by atoms with Gasteiger partial charge in [0.05, 0.1) is 0 Å². The molecule has 2 aliphatic heterocycles. The highest BCUT2D eigenvalue weighted by Gasteiger charge is 2.25. The molecule has 2 N–H and O–H groups in total. The lowest BCUT2D eigenvalue weighted by Crippen LogP contribution is -2.47. The number of hydrogen-bond acceptors (Lipinski definition) is 3. The molecule has 21 heavy (non-hydrogen) atoms. The van der Waals surface area contributed by atoms with E-state index in [1.165, 1.54) is 0 Å². The monoisotopic (exact) mass is 295 g/mol. The summed E-state index contributed by atoms with van der Waals surface area (Å²) in [6.07, 6.45) is 4.64. The van der Waals surface area contributed by atoms with Gasteiger partial charge in [-0.05, 0) is 44.7 Å². The van der Waals surface area contributed by atoms with E-state index in [4.69, 9.17) is 0 Å². The van der Waals surface area contributed by atoms with Crippen LogP contribution in [-0.4, -0.2) is 48.9 Å². The maximum Gasteiger partial charge on any atom is 0.225 e. The smallest absolute Gasteiger partial charge is 0.225 e. The molecule has 0 aromatic carbocycles. The Morgan fingerprint density at radius 2 is 1.76 bits per heavy atom. The van der Waals surface area contributed by atoms with Crippen molar-refractivity contribution in [2.75, 3.05) is 26.2 Å². The summed E-state index contributed by atoms with van der Waals surface area (Å²) in [5.74, 6) is 1.02. The molecule has 5 heteroatoms. The predicted octanol–water partition coefficient (Wildman–Crippen LogP) is 1.14. The molecule has 0 aromatic rings. The van der Waals surface area contributed by atoms with Gasteiger partial charge in [-0.25, -0.2) is 0 Å². The lowest BCUT2D eigenvalue weighted by Gasteiger charge is -2.33. The standard InChI is InChI=1S/C16H29N3O2/c1-12(2)16(21)19-9-5-14(6-10-19)18-15(20)11-13-3-7-17-8-4-13/h12-14,17H,3-11H2,1-2H3,(H,18,20). The van der Waals surface area contributed by atoms with Crippen LogP contribution >= 0.6 is 0 Å². The van der Waals surface area contributed by atoms with Gasteiger partial charge in [-0.3, -0.25) is 9.59 Å². The van der Waals surface area contributed by atoms with E-state index in [9.17, 15) is 9.59 Å². The second-order valence-electron chi connectivity index (χ2n) is 6.72. The summed E-state index contributed by atoms with van der Waals surface area (Å²) in [6.45, 7) is 7.50. The molecule has 2 aliphatic rings. The zero-order chi connectivity index (χ0) is 15.2. The summed E-state index contributed by atoms with van der Waals surface area (Å²) < 4.78 is 0. The van der Waals surface area contributed by atoms with Crippen molar-refractivity contribution in [3.8, 4) is 0 Å². The van der Waals surface area contributed by atoms with Gasteiger partial charge in [0.2, 0.25) is 11.8 Å². The topological polar surface area (TPSA) is 61.4 Å². The first kappa shape index (κ1) is 16.3. The maximum absolute atomic E-state index is 12.1. The second kappa shape index (κ2) is 7.78. The first-order valence-electron chi connectivity index (χ1n) is 8.35. The quantitative estimate of drug-likeness (QED) is 0.817. The van der Waals surface area contributed by atoms with Crippen LogP contribution in [0.1, 0.15) is 46.0 Å². The fourth-order valence-corrected chi connectivity index (χ4v) is 3.24. The van der Waals surface area contributed by atoms with Crippen molar-refractivity contribution in [2.24, 2.45) is 11.8 Å². The normalized spacial score (nSPS) is 21.6. The summed E-state index contributed by atoms with van der Waals surface area (Å²) in [7, 11) is 0. The molecule has 0 unspecified atom stereocenters. The number of nitrogens with one attached hydrogen (secondary N) is 2. The van der Waals surface area contributed by atoms with E-state index in [-0.39, 0.29) is 23.8 Å². The lowest BCUT2D eigenvalue weighted by molar-refractivity contribution is -0.135. The highest BCUT2D eigenvalue weighted by atomic mass is 16.2. The zero-order valence-corrected chi connectivity index (χ0v) is 13.4. The Labute approximate surface area is 127 Å². The van der Waals surface area contributed by atoms with E-state index in [0.29, 0.717) is 12.3 Å². The van der Waals surface area contributed by atoms with Crippen LogP contribution in [0.25, 0.3) is 0 Å². The Morgan fingerprint density at radius 1 is 1.14 bits per heavy atom. The fourth-order valence-electron chi connectivity index (χ4n) is 3.24. The first-order chi connectivity index (χ1) is 10.1. The molecule has 5 nitrogen and oxygen atoms in total. The fraction of sp³-hybridized carbons (Fsp3) is 0.875. The van der Waals surface area contributed by atoms with Crippen LogP contribution < -0.4 is 10.6 Å². The zero-order valence-electron chi connectivity index (χ0n) is 13.4. The van der Waals surface area contributed by atoms with Crippen LogP contribution in [0.2, 0.25) is 0 Å². The molecule has 120 valence electrons. The third-order valence-electron chi connectivity index (χ3n) is 4.60. The summed E-state index contributed by atoms with van der Waals surface area (Å²) in [5, 5.41) is 6.48. The highest BCUT2D eigenvalue weighted by molar-refractivity contribution is 5.78. The maximum atomic E-state index is 12.1. The SMILES string of the molecule is CC(C)C(=O)N1CCC(NC(=O)CC2CCNCC2)CC1. The van der Waals surface area contributed by atoms with Crippen molar-refractivity contribution in [3.63, 3.8) is 0 Å². The number of amides is 2. The van der Waals surface area contributed by atoms with Crippen LogP contribution in [0.15, 0.2) is 0 Å². The van der Waals surface area contributed by atoms with Gasteiger partial charge in [0.1, 0.15) is 0 Å². The van der Waals surface area contributed by atoms with Gasteiger partial charge in [0.25, 0.3) is 0 Å². The molecule has 2 saturated heterocycles. The van der Waals surface area contributed by atoms with Gasteiger partial charge in [-0.1, -0.05) is 13.8 Å². The van der Waals surface area contributed by atoms with Gasteiger partial charge in [0.15, 0.2) is 0 Å². The number of carbonyl (C=O) groups is 2. The number of likely N-dealkylation sites (tertiary alicyclic amines) is 1. The molecule has 2 rings (SSSR count). The van der Waals surface area contributed by atoms with Crippen LogP contribution in [-0.2, 0) is 9.59 Å². The summed E-state index contributed by atoms with van der Waals surface area (Å²) in [6, 6.07) is 0.246. The third-order valence-corrected chi connectivity index (χ3v) is 4.60. The van der Waals surface area contributed by atoms with E-state index in [1.54, 1.807) is 0 Å². The molecular weight excluding hydrogens is 266 g/mol. The Hall–Kier alpha value is -1.10. The molecule has 2 heterocycles. The van der Waals surface area contributed by atoms with Crippen molar-refractivity contribution in [3.05, 3.63) is 0 Å². The number of hydrogen-bond donors (Lipinski definition) is 2. The summed E-state index contributed by atoms with van der Waals surface area (Å²) >= 11 is 0. The average Bonchev–Trinajstić information content (AvgIpc) is 2.48. The number of nitrogens with zero attached hydrogens (tertiary/aromatic N) is 1. The molecule has 0 aromatic heterocycles. The number of carbonyl (C=O) groups excluding carboxylic acids is 2. The predicted molar refractivity (Wildman–Crippen MR) is 82.8 cm³/mol. The number of rotatable bonds is 4. The van der Waals surface area contributed by atoms with Crippen LogP contribution in [0.5, 0.6) is 0 Å². The van der Waals surface area contributed by atoms with Gasteiger partial charge in [0, 0.05) is 31.5 Å². The Bertz CT molecular complexity index is 357. The molecule has 0 radical (unpaired) electrons. The van der Waals surface area contributed by atoms with Gasteiger partial charge < -0.3 is 15.5 Å². The van der Waals surface area contributed by atoms with E-state index in [1.807, 2.05) is 18.7 Å². The lowest BCUT2D eigenvalue weighted by atomic mass is 9.94. The number of piperidine rings is 2. The van der Waals surface area contributed by atoms with Crippen LogP contribution in [0.4, 0.5) is 0 Å². The minimum Gasteiger partial charge on any atom is -0.353 e. The molecule has 0 atom stereocenters. The van der Waals surface area contributed by atoms with E-state index in [2.05, 4.69) is 10.6 Å².